The minimum atomic E-state index is -2.64. The van der Waals surface area contributed by atoms with Gasteiger partial charge in [0.05, 0.1) is 18.0 Å². The molecule has 5 rings (SSSR count). The average Bonchev–Trinajstić information content (AvgIpc) is 3.28. The molecule has 0 amide bonds. The number of halogens is 2. The summed E-state index contributed by atoms with van der Waals surface area (Å²) in [6.45, 7) is 4.12. The SMILES string of the molecule is CC(C)n1ncc2cc(-c3ccc4cc(C(O)C5CC(F)(F)C5)sc4n3)cnc21. The van der Waals surface area contributed by atoms with Crippen LogP contribution in [-0.2, 0) is 0 Å². The van der Waals surface area contributed by atoms with E-state index >= 15 is 0 Å². The molecule has 0 aliphatic heterocycles. The van der Waals surface area contributed by atoms with E-state index in [4.69, 9.17) is 4.98 Å². The van der Waals surface area contributed by atoms with Crippen LogP contribution >= 0.6 is 11.3 Å². The van der Waals surface area contributed by atoms with E-state index in [0.29, 0.717) is 4.88 Å². The Morgan fingerprint density at radius 1 is 1.17 bits per heavy atom. The Hall–Kier alpha value is -2.45. The monoisotopic (exact) mass is 414 g/mol. The van der Waals surface area contributed by atoms with Gasteiger partial charge in [0, 0.05) is 52.2 Å². The molecule has 1 fully saturated rings. The first-order valence-electron chi connectivity index (χ1n) is 9.61. The third-order valence-electron chi connectivity index (χ3n) is 5.48. The summed E-state index contributed by atoms with van der Waals surface area (Å²) >= 11 is 1.36. The maximum atomic E-state index is 13.1. The molecule has 0 bridgehead atoms. The van der Waals surface area contributed by atoms with Gasteiger partial charge in [-0.15, -0.1) is 11.3 Å². The largest absolute Gasteiger partial charge is 0.387 e. The van der Waals surface area contributed by atoms with Gasteiger partial charge in [0.2, 0.25) is 5.92 Å². The number of hydrogen-bond acceptors (Lipinski definition) is 5. The summed E-state index contributed by atoms with van der Waals surface area (Å²) in [5.74, 6) is -3.02. The Kier molecular flexibility index (Phi) is 4.18. The second kappa shape index (κ2) is 6.53. The van der Waals surface area contributed by atoms with Gasteiger partial charge in [0.1, 0.15) is 4.83 Å². The third-order valence-corrected chi connectivity index (χ3v) is 6.60. The molecule has 4 aromatic rings. The molecule has 8 heteroatoms. The highest BCUT2D eigenvalue weighted by Crippen LogP contribution is 2.49. The van der Waals surface area contributed by atoms with Crippen molar-refractivity contribution in [1.82, 2.24) is 19.7 Å². The molecule has 0 saturated heterocycles. The number of hydrogen-bond donors (Lipinski definition) is 1. The fourth-order valence-electron chi connectivity index (χ4n) is 3.86. The van der Waals surface area contributed by atoms with E-state index < -0.39 is 12.0 Å². The van der Waals surface area contributed by atoms with E-state index in [1.807, 2.05) is 28.9 Å². The lowest BCUT2D eigenvalue weighted by molar-refractivity contribution is -0.141. The van der Waals surface area contributed by atoms with Gasteiger partial charge in [0.25, 0.3) is 0 Å². The minimum Gasteiger partial charge on any atom is -0.387 e. The van der Waals surface area contributed by atoms with Crippen LogP contribution in [0.3, 0.4) is 0 Å². The summed E-state index contributed by atoms with van der Waals surface area (Å²) < 4.78 is 28.2. The van der Waals surface area contributed by atoms with Gasteiger partial charge in [-0.25, -0.2) is 23.4 Å². The van der Waals surface area contributed by atoms with Crippen molar-refractivity contribution in [3.63, 3.8) is 0 Å². The van der Waals surface area contributed by atoms with Crippen molar-refractivity contribution in [1.29, 1.82) is 0 Å². The molecule has 0 aromatic carbocycles. The summed E-state index contributed by atoms with van der Waals surface area (Å²) in [5, 5.41) is 16.7. The van der Waals surface area contributed by atoms with Crippen LogP contribution < -0.4 is 0 Å². The van der Waals surface area contributed by atoms with Crippen LogP contribution in [0.15, 0.2) is 36.7 Å². The summed E-state index contributed by atoms with van der Waals surface area (Å²) in [6.07, 6.45) is 2.22. The molecule has 1 saturated carbocycles. The Balaban J connectivity index is 1.46. The second-order valence-corrected chi connectivity index (χ2v) is 9.09. The Morgan fingerprint density at radius 3 is 2.69 bits per heavy atom. The van der Waals surface area contributed by atoms with Crippen LogP contribution in [0.4, 0.5) is 8.78 Å². The van der Waals surface area contributed by atoms with Gasteiger partial charge in [-0.05, 0) is 38.1 Å². The van der Waals surface area contributed by atoms with Gasteiger partial charge >= 0.3 is 0 Å². The van der Waals surface area contributed by atoms with Crippen LogP contribution in [0.25, 0.3) is 32.5 Å². The maximum absolute atomic E-state index is 13.1. The Labute approximate surface area is 170 Å². The van der Waals surface area contributed by atoms with Crippen LogP contribution in [0.2, 0.25) is 0 Å². The van der Waals surface area contributed by atoms with Crippen molar-refractivity contribution in [2.24, 2.45) is 5.92 Å². The average molecular weight is 414 g/mol. The molecular weight excluding hydrogens is 394 g/mol. The zero-order valence-electron chi connectivity index (χ0n) is 16.0. The van der Waals surface area contributed by atoms with E-state index in [1.165, 1.54) is 11.3 Å². The highest BCUT2D eigenvalue weighted by atomic mass is 32.1. The highest BCUT2D eigenvalue weighted by molar-refractivity contribution is 7.18. The summed E-state index contributed by atoms with van der Waals surface area (Å²) in [5.41, 5.74) is 2.50. The number of rotatable bonds is 4. The molecule has 1 N–H and O–H groups in total. The first kappa shape index (κ1) is 18.6. The van der Waals surface area contributed by atoms with Crippen LogP contribution in [0, 0.1) is 5.92 Å². The molecule has 4 heterocycles. The van der Waals surface area contributed by atoms with Crippen molar-refractivity contribution in [3.8, 4) is 11.3 Å². The predicted octanol–water partition coefficient (Wildman–Crippen LogP) is 5.37. The number of fused-ring (bicyclic) bond motifs is 2. The number of pyridine rings is 2. The Bertz CT molecular complexity index is 1210. The number of aliphatic hydroxyl groups excluding tert-OH is 1. The lowest BCUT2D eigenvalue weighted by Gasteiger charge is -2.37. The number of alkyl halides is 2. The molecule has 1 aliphatic carbocycles. The lowest BCUT2D eigenvalue weighted by Crippen LogP contribution is -2.38. The molecule has 1 aliphatic rings. The van der Waals surface area contributed by atoms with Crippen LogP contribution in [0.5, 0.6) is 0 Å². The summed E-state index contributed by atoms with van der Waals surface area (Å²) in [7, 11) is 0. The van der Waals surface area contributed by atoms with Crippen LogP contribution in [0.1, 0.15) is 43.7 Å². The molecule has 150 valence electrons. The molecular formula is C21H20F2N4OS. The fourth-order valence-corrected chi connectivity index (χ4v) is 4.98. The van der Waals surface area contributed by atoms with E-state index in [-0.39, 0.29) is 24.8 Å². The fraction of sp³-hybridized carbons (Fsp3) is 0.381. The topological polar surface area (TPSA) is 63.8 Å². The zero-order chi connectivity index (χ0) is 20.3. The minimum absolute atomic E-state index is 0.229. The highest BCUT2D eigenvalue weighted by Gasteiger charge is 2.48. The van der Waals surface area contributed by atoms with E-state index in [9.17, 15) is 13.9 Å². The predicted molar refractivity (Wildman–Crippen MR) is 109 cm³/mol. The molecule has 4 aromatic heterocycles. The van der Waals surface area contributed by atoms with Gasteiger partial charge in [-0.3, -0.25) is 0 Å². The normalized spacial score (nSPS) is 17.9. The second-order valence-electron chi connectivity index (χ2n) is 8.03. The molecule has 1 unspecified atom stereocenters. The Morgan fingerprint density at radius 2 is 1.97 bits per heavy atom. The van der Waals surface area contributed by atoms with Crippen molar-refractivity contribution in [2.45, 2.75) is 44.8 Å². The van der Waals surface area contributed by atoms with Crippen molar-refractivity contribution >= 4 is 32.6 Å². The molecule has 0 spiro atoms. The lowest BCUT2D eigenvalue weighted by atomic mass is 9.77. The number of aromatic nitrogens is 4. The smallest absolute Gasteiger partial charge is 0.248 e. The van der Waals surface area contributed by atoms with E-state index in [2.05, 4.69) is 23.9 Å². The number of thiophene rings is 1. The van der Waals surface area contributed by atoms with E-state index in [0.717, 1.165) is 32.5 Å². The third kappa shape index (κ3) is 3.20. The molecule has 5 nitrogen and oxygen atoms in total. The van der Waals surface area contributed by atoms with Gasteiger partial charge in [0.15, 0.2) is 5.65 Å². The summed E-state index contributed by atoms with van der Waals surface area (Å²) in [6, 6.07) is 7.96. The first-order valence-corrected chi connectivity index (χ1v) is 10.4. The van der Waals surface area contributed by atoms with Gasteiger partial charge in [-0.2, -0.15) is 5.10 Å². The van der Waals surface area contributed by atoms with Crippen LogP contribution in [-0.4, -0.2) is 30.8 Å². The number of nitrogens with zero attached hydrogens (tertiary/aromatic N) is 4. The van der Waals surface area contributed by atoms with Gasteiger partial charge in [-0.1, -0.05) is 0 Å². The standard InChI is InChI=1S/C21H20F2N4OS/c1-11(2)27-19-14(10-25-27)5-13(9-24-19)16-4-3-12-6-17(29-20(12)26-16)18(28)15-7-21(22,23)8-15/h3-6,9-11,15,18,28H,7-8H2,1-2H3. The van der Waals surface area contributed by atoms with Gasteiger partial charge < -0.3 is 5.11 Å². The zero-order valence-corrected chi connectivity index (χ0v) is 16.8. The number of aliphatic hydroxyl groups is 1. The van der Waals surface area contributed by atoms with Crippen molar-refractivity contribution in [3.05, 3.63) is 41.5 Å². The van der Waals surface area contributed by atoms with Crippen molar-refractivity contribution < 1.29 is 13.9 Å². The quantitative estimate of drug-likeness (QED) is 0.488. The first-order chi connectivity index (χ1) is 13.8. The summed E-state index contributed by atoms with van der Waals surface area (Å²) in [4.78, 5) is 10.8. The van der Waals surface area contributed by atoms with Crippen molar-refractivity contribution in [2.75, 3.05) is 0 Å². The molecule has 29 heavy (non-hydrogen) atoms. The van der Waals surface area contributed by atoms with E-state index in [1.54, 1.807) is 12.4 Å². The maximum Gasteiger partial charge on any atom is 0.248 e. The molecule has 0 radical (unpaired) electrons. The molecule has 1 atom stereocenters.